The standard InChI is InChI=1S/C12H18N5O12P3/c13-9-7-10(15-4-14-9)17(5-16-7)11-6-1-2-12(27-11,8(6)18)3-26-31(22,23)29-32(24,25)28-30(19,20)21/h4-6,8,11,18H,1-3H2,(H,22,23)(H,24,25)(H2,13,14,15)(H2,19,20,21)/t6-,8+,11-,12-/m1/s1. The van der Waals surface area contributed by atoms with Gasteiger partial charge in [0.1, 0.15) is 23.7 Å². The lowest BCUT2D eigenvalue weighted by Crippen LogP contribution is -2.41. The highest BCUT2D eigenvalue weighted by Crippen LogP contribution is 2.67. The van der Waals surface area contributed by atoms with Crippen LogP contribution in [0.3, 0.4) is 0 Å². The number of aliphatic hydroxyl groups excluding tert-OH is 1. The number of aliphatic hydroxyl groups is 1. The fourth-order valence-corrected chi connectivity index (χ4v) is 6.94. The van der Waals surface area contributed by atoms with E-state index in [9.17, 15) is 28.6 Å². The maximum absolute atomic E-state index is 12.0. The van der Waals surface area contributed by atoms with E-state index in [0.29, 0.717) is 17.6 Å². The van der Waals surface area contributed by atoms with Crippen LogP contribution in [0, 0.1) is 5.92 Å². The van der Waals surface area contributed by atoms with Gasteiger partial charge >= 0.3 is 23.5 Å². The quantitative estimate of drug-likeness (QED) is 0.247. The molecule has 3 heterocycles. The summed E-state index contributed by atoms with van der Waals surface area (Å²) >= 11 is 0. The van der Waals surface area contributed by atoms with E-state index in [-0.39, 0.29) is 12.2 Å². The number of aromatic nitrogens is 4. The number of phosphoric acid groups is 3. The SMILES string of the molecule is Nc1ncnc2c1ncn2[C@@H]1O[C@@]2(COP(=O)(O)OP(=O)(O)OP(=O)(O)O)CC[C@@H]1[C@@H]2O. The Morgan fingerprint density at radius 1 is 1.16 bits per heavy atom. The van der Waals surface area contributed by atoms with Crippen LogP contribution in [0.5, 0.6) is 0 Å². The van der Waals surface area contributed by atoms with Crippen LogP contribution in [0.25, 0.3) is 11.2 Å². The van der Waals surface area contributed by atoms with Gasteiger partial charge in [-0.15, -0.1) is 0 Å². The number of phosphoric ester groups is 1. The van der Waals surface area contributed by atoms with E-state index in [4.69, 9.17) is 24.8 Å². The molecule has 20 heteroatoms. The van der Waals surface area contributed by atoms with Crippen LogP contribution in [0.4, 0.5) is 5.82 Å². The van der Waals surface area contributed by atoms with Crippen molar-refractivity contribution in [1.29, 1.82) is 0 Å². The molecule has 2 aliphatic rings. The van der Waals surface area contributed by atoms with E-state index in [2.05, 4.69) is 23.6 Å². The Kier molecular flexibility index (Phi) is 5.86. The molecule has 2 unspecified atom stereocenters. The van der Waals surface area contributed by atoms with Crippen LogP contribution in [0.1, 0.15) is 19.1 Å². The molecule has 4 rings (SSSR count). The number of hydrogen-bond acceptors (Lipinski definition) is 12. The molecule has 1 saturated heterocycles. The third-order valence-electron chi connectivity index (χ3n) is 5.12. The summed E-state index contributed by atoms with van der Waals surface area (Å²) in [6.07, 6.45) is 1.29. The highest BCUT2D eigenvalue weighted by molar-refractivity contribution is 7.66. The molecular formula is C12H18N5O12P3. The Labute approximate surface area is 178 Å². The molecule has 1 saturated carbocycles. The van der Waals surface area contributed by atoms with Crippen molar-refractivity contribution in [3.8, 4) is 0 Å². The van der Waals surface area contributed by atoms with Crippen molar-refractivity contribution >= 4 is 40.4 Å². The number of anilines is 1. The van der Waals surface area contributed by atoms with Gasteiger partial charge in [0.25, 0.3) is 0 Å². The second kappa shape index (κ2) is 7.87. The topological polar surface area (TPSA) is 259 Å². The summed E-state index contributed by atoms with van der Waals surface area (Å²) in [6.45, 7) is -0.755. The van der Waals surface area contributed by atoms with Crippen molar-refractivity contribution in [2.75, 3.05) is 12.3 Å². The van der Waals surface area contributed by atoms with Crippen molar-refractivity contribution in [3.63, 3.8) is 0 Å². The molecule has 17 nitrogen and oxygen atoms in total. The van der Waals surface area contributed by atoms with E-state index in [1.807, 2.05) is 0 Å². The van der Waals surface area contributed by atoms with Crippen LogP contribution in [0.2, 0.25) is 0 Å². The number of nitrogen functional groups attached to an aromatic ring is 1. The lowest BCUT2D eigenvalue weighted by atomic mass is 10.0. The summed E-state index contributed by atoms with van der Waals surface area (Å²) in [5, 5.41) is 10.7. The first-order valence-electron chi connectivity index (χ1n) is 8.79. The van der Waals surface area contributed by atoms with Crippen LogP contribution in [-0.4, -0.2) is 62.5 Å². The van der Waals surface area contributed by atoms with E-state index >= 15 is 0 Å². The number of imidazole rings is 1. The molecule has 2 aromatic rings. The molecular weight excluding hydrogens is 499 g/mol. The van der Waals surface area contributed by atoms with Gasteiger partial charge in [-0.1, -0.05) is 0 Å². The summed E-state index contributed by atoms with van der Waals surface area (Å²) in [5.74, 6) is -0.340. The smallest absolute Gasteiger partial charge is 0.390 e. The number of nitrogens with two attached hydrogens (primary N) is 1. The fourth-order valence-electron chi connectivity index (χ4n) is 3.87. The second-order valence-corrected chi connectivity index (χ2v) is 11.6. The third-order valence-corrected chi connectivity index (χ3v) is 8.90. The first kappa shape index (κ1) is 23.8. The van der Waals surface area contributed by atoms with Gasteiger partial charge in [0.2, 0.25) is 0 Å². The number of nitrogens with zero attached hydrogens (tertiary/aromatic N) is 4. The van der Waals surface area contributed by atoms with Gasteiger partial charge in [-0.3, -0.25) is 9.09 Å². The summed E-state index contributed by atoms with van der Waals surface area (Å²) in [6, 6.07) is 0. The minimum atomic E-state index is -5.66. The number of ether oxygens (including phenoxy) is 1. The molecule has 2 fully saturated rings. The minimum absolute atomic E-state index is 0.139. The van der Waals surface area contributed by atoms with Crippen molar-refractivity contribution in [1.82, 2.24) is 19.5 Å². The zero-order valence-corrected chi connectivity index (χ0v) is 18.5. The molecule has 7 N–H and O–H groups in total. The van der Waals surface area contributed by atoms with Crippen LogP contribution < -0.4 is 5.73 Å². The Morgan fingerprint density at radius 2 is 1.88 bits per heavy atom. The molecule has 2 bridgehead atoms. The van der Waals surface area contributed by atoms with Crippen molar-refractivity contribution in [3.05, 3.63) is 12.7 Å². The molecule has 2 aromatic heterocycles. The monoisotopic (exact) mass is 517 g/mol. The molecule has 1 aliphatic heterocycles. The number of hydrogen-bond donors (Lipinski definition) is 6. The van der Waals surface area contributed by atoms with Crippen LogP contribution in [-0.2, 0) is 31.6 Å². The van der Waals surface area contributed by atoms with E-state index < -0.39 is 53.9 Å². The summed E-state index contributed by atoms with van der Waals surface area (Å²) in [7, 11) is -16.5. The summed E-state index contributed by atoms with van der Waals surface area (Å²) in [5.41, 5.74) is 4.93. The second-order valence-electron chi connectivity index (χ2n) is 7.17. The summed E-state index contributed by atoms with van der Waals surface area (Å²) < 4.78 is 53.7. The zero-order valence-electron chi connectivity index (χ0n) is 15.8. The van der Waals surface area contributed by atoms with Crippen LogP contribution in [0.15, 0.2) is 12.7 Å². The first-order valence-corrected chi connectivity index (χ1v) is 13.3. The van der Waals surface area contributed by atoms with Crippen molar-refractivity contribution < 1.29 is 56.3 Å². The molecule has 6 atom stereocenters. The molecule has 0 amide bonds. The Hall–Kier alpha value is -1.32. The third kappa shape index (κ3) is 4.53. The molecule has 1 aliphatic carbocycles. The number of fused-ring (bicyclic) bond motifs is 3. The number of rotatable bonds is 8. The average molecular weight is 517 g/mol. The highest BCUT2D eigenvalue weighted by Gasteiger charge is 2.61. The normalized spacial score (nSPS) is 31.6. The van der Waals surface area contributed by atoms with Crippen molar-refractivity contribution in [2.45, 2.75) is 30.8 Å². The molecule has 0 aromatic carbocycles. The van der Waals surface area contributed by atoms with Gasteiger partial charge in [-0.05, 0) is 12.8 Å². The van der Waals surface area contributed by atoms with Gasteiger partial charge in [0.05, 0.1) is 19.0 Å². The molecule has 0 radical (unpaired) electrons. The molecule has 0 spiro atoms. The Morgan fingerprint density at radius 3 is 2.56 bits per heavy atom. The van der Waals surface area contributed by atoms with E-state index in [1.54, 1.807) is 0 Å². The van der Waals surface area contributed by atoms with Gasteiger partial charge in [0.15, 0.2) is 11.5 Å². The minimum Gasteiger partial charge on any atom is -0.390 e. The largest absolute Gasteiger partial charge is 0.490 e. The molecule has 32 heavy (non-hydrogen) atoms. The first-order chi connectivity index (χ1) is 14.7. The Balaban J connectivity index is 1.50. The van der Waals surface area contributed by atoms with E-state index in [0.717, 1.165) is 0 Å². The van der Waals surface area contributed by atoms with Crippen molar-refractivity contribution in [2.24, 2.45) is 5.92 Å². The predicted octanol–water partition coefficient (Wildman–Crippen LogP) is -0.210. The van der Waals surface area contributed by atoms with Gasteiger partial charge in [-0.25, -0.2) is 28.6 Å². The maximum Gasteiger partial charge on any atom is 0.490 e. The zero-order chi connectivity index (χ0) is 23.5. The maximum atomic E-state index is 12.0. The molecule has 178 valence electrons. The average Bonchev–Trinajstić information content (AvgIpc) is 3.28. The van der Waals surface area contributed by atoms with Gasteiger partial charge < -0.3 is 35.2 Å². The van der Waals surface area contributed by atoms with Gasteiger partial charge in [-0.2, -0.15) is 8.62 Å². The lowest BCUT2D eigenvalue weighted by molar-refractivity contribution is -0.136. The lowest BCUT2D eigenvalue weighted by Gasteiger charge is -2.31. The Bertz CT molecular complexity index is 1190. The highest BCUT2D eigenvalue weighted by atomic mass is 31.3. The van der Waals surface area contributed by atoms with E-state index in [1.165, 1.54) is 17.2 Å². The van der Waals surface area contributed by atoms with Gasteiger partial charge in [0, 0.05) is 5.92 Å². The summed E-state index contributed by atoms with van der Waals surface area (Å²) in [4.78, 5) is 48.2. The van der Waals surface area contributed by atoms with Crippen LogP contribution >= 0.6 is 23.5 Å². The predicted molar refractivity (Wildman–Crippen MR) is 101 cm³/mol. The fraction of sp³-hybridized carbons (Fsp3) is 0.583.